The number of anilines is 1. The van der Waals surface area contributed by atoms with E-state index in [0.29, 0.717) is 43.8 Å². The zero-order valence-electron chi connectivity index (χ0n) is 26.3. The second-order valence-electron chi connectivity index (χ2n) is 9.19. The number of ether oxygens (including phenoxy) is 6. The van der Waals surface area contributed by atoms with E-state index in [2.05, 4.69) is 36.8 Å². The van der Waals surface area contributed by atoms with E-state index in [9.17, 15) is 0 Å². The van der Waals surface area contributed by atoms with Gasteiger partial charge in [-0.1, -0.05) is 36.4 Å². The number of para-hydroxylation sites is 2. The first-order valence-electron chi connectivity index (χ1n) is 14.9. The predicted octanol–water partition coefficient (Wildman–Crippen LogP) is 6.42. The zero-order valence-corrected chi connectivity index (χ0v) is 26.3. The lowest BCUT2D eigenvalue weighted by Crippen LogP contribution is -2.15. The van der Waals surface area contributed by atoms with Crippen LogP contribution in [0.1, 0.15) is 45.4 Å². The molecule has 240 valence electrons. The van der Waals surface area contributed by atoms with Crippen LogP contribution in [-0.2, 0) is 18.9 Å². The van der Waals surface area contributed by atoms with Gasteiger partial charge in [-0.3, -0.25) is 0 Å². The second kappa shape index (κ2) is 18.0. The van der Waals surface area contributed by atoms with Crippen molar-refractivity contribution in [3.05, 3.63) is 90.8 Å². The predicted molar refractivity (Wildman–Crippen MR) is 173 cm³/mol. The minimum Gasteiger partial charge on any atom is -0.437 e. The van der Waals surface area contributed by atoms with Crippen LogP contribution in [0.25, 0.3) is 11.0 Å². The summed E-state index contributed by atoms with van der Waals surface area (Å²) in [6.07, 6.45) is 1.77. The molecule has 0 atom stereocenters. The summed E-state index contributed by atoms with van der Waals surface area (Å²) in [5, 5.41) is 0. The van der Waals surface area contributed by atoms with Crippen LogP contribution in [0.4, 0.5) is 5.69 Å². The number of fused-ring (bicyclic) bond motifs is 1. The van der Waals surface area contributed by atoms with Gasteiger partial charge in [0.25, 0.3) is 0 Å². The zero-order chi connectivity index (χ0) is 32.6. The highest BCUT2D eigenvalue weighted by Gasteiger charge is 2.17. The second-order valence-corrected chi connectivity index (χ2v) is 9.19. The average Bonchev–Trinajstić information content (AvgIpc) is 3.52. The molecule has 3 aromatic heterocycles. The first-order valence-corrected chi connectivity index (χ1v) is 14.9. The summed E-state index contributed by atoms with van der Waals surface area (Å²) in [6, 6.07) is 20.7. The monoisotopic (exact) mass is 626 g/mol. The molecule has 12 heteroatoms. The number of nitrogens with zero attached hydrogens (tertiary/aromatic N) is 4. The number of hydrogen-bond donors (Lipinski definition) is 2. The Morgan fingerprint density at radius 1 is 0.696 bits per heavy atom. The fourth-order valence-electron chi connectivity index (χ4n) is 3.99. The van der Waals surface area contributed by atoms with Crippen molar-refractivity contribution in [2.45, 2.75) is 40.3 Å². The molecule has 46 heavy (non-hydrogen) atoms. The Morgan fingerprint density at radius 2 is 1.24 bits per heavy atom. The summed E-state index contributed by atoms with van der Waals surface area (Å²) >= 11 is 0. The van der Waals surface area contributed by atoms with Crippen molar-refractivity contribution in [1.82, 2.24) is 24.9 Å². The molecule has 0 spiro atoms. The molecule has 0 unspecified atom stereocenters. The molecule has 12 nitrogen and oxygen atoms in total. The Labute approximate surface area is 268 Å². The molecule has 0 bridgehead atoms. The maximum Gasteiger partial charge on any atom is 0.247 e. The number of nitrogen functional groups attached to an aromatic ring is 1. The standard InChI is InChI=1S/2C17H19N3O3/c1-3-21-17(22-4-2)14-10-13-15(20-14)16(19-11-18-13)23-12-8-6-5-7-9-12;1-3-21-15(22-4-2)11-10-14-16(18)17(20-12-19-14)23-13-8-6-5-7-9-13/h5-11,17,20H,3-4H2,1-2H3;5-9,12,15H,3-4,18H2,1-2H3. The molecule has 0 amide bonds. The Kier molecular flexibility index (Phi) is 13.3. The smallest absolute Gasteiger partial charge is 0.247 e. The number of aromatic nitrogens is 5. The van der Waals surface area contributed by atoms with E-state index in [1.165, 1.54) is 12.7 Å². The van der Waals surface area contributed by atoms with E-state index in [-0.39, 0.29) is 11.6 Å². The number of benzene rings is 2. The van der Waals surface area contributed by atoms with Gasteiger partial charge >= 0.3 is 0 Å². The minimum atomic E-state index is -0.613. The lowest BCUT2D eigenvalue weighted by atomic mass is 10.3. The van der Waals surface area contributed by atoms with Gasteiger partial charge in [0.1, 0.15) is 41.1 Å². The van der Waals surface area contributed by atoms with E-state index in [0.717, 1.165) is 22.5 Å². The average molecular weight is 627 g/mol. The summed E-state index contributed by atoms with van der Waals surface area (Å²) in [5.74, 6) is 7.79. The highest BCUT2D eigenvalue weighted by Crippen LogP contribution is 2.29. The van der Waals surface area contributed by atoms with Crippen molar-refractivity contribution in [2.75, 3.05) is 32.2 Å². The van der Waals surface area contributed by atoms with Crippen LogP contribution < -0.4 is 15.2 Å². The molecule has 3 N–H and O–H groups in total. The van der Waals surface area contributed by atoms with E-state index in [1.54, 1.807) is 0 Å². The quantitative estimate of drug-likeness (QED) is 0.110. The molecule has 0 aliphatic carbocycles. The SMILES string of the molecule is CCOC(C#Cc1ncnc(Oc2ccccc2)c1N)OCC.CCOC(OCC)c1cc2ncnc(Oc3ccccc3)c2[nH]1. The van der Waals surface area contributed by atoms with E-state index >= 15 is 0 Å². The summed E-state index contributed by atoms with van der Waals surface area (Å²) < 4.78 is 33.4. The third-order valence-corrected chi connectivity index (χ3v) is 6.00. The molecule has 0 aliphatic rings. The Morgan fingerprint density at radius 3 is 1.83 bits per heavy atom. The Balaban J connectivity index is 0.000000209. The molecule has 0 fully saturated rings. The molecule has 0 saturated heterocycles. The largest absolute Gasteiger partial charge is 0.437 e. The van der Waals surface area contributed by atoms with Gasteiger partial charge in [-0.25, -0.2) is 9.97 Å². The number of rotatable bonds is 13. The van der Waals surface area contributed by atoms with Gasteiger partial charge in [-0.05, 0) is 69.9 Å². The van der Waals surface area contributed by atoms with Gasteiger partial charge in [0.05, 0.1) is 11.2 Å². The van der Waals surface area contributed by atoms with Gasteiger partial charge in [-0.2, -0.15) is 9.97 Å². The highest BCUT2D eigenvalue weighted by atomic mass is 16.7. The first-order chi connectivity index (χ1) is 22.6. The maximum absolute atomic E-state index is 6.03. The third-order valence-electron chi connectivity index (χ3n) is 6.00. The topological polar surface area (TPSA) is 149 Å². The third kappa shape index (κ3) is 9.72. The van der Waals surface area contributed by atoms with Crippen molar-refractivity contribution in [2.24, 2.45) is 0 Å². The lowest BCUT2D eigenvalue weighted by molar-refractivity contribution is -0.142. The molecule has 0 saturated carbocycles. The van der Waals surface area contributed by atoms with Crippen LogP contribution in [0.2, 0.25) is 0 Å². The molecule has 5 rings (SSSR count). The molecule has 2 aromatic carbocycles. The van der Waals surface area contributed by atoms with Crippen molar-refractivity contribution in [1.29, 1.82) is 0 Å². The lowest BCUT2D eigenvalue weighted by Gasteiger charge is -2.15. The minimum absolute atomic E-state index is 0.264. The number of nitrogens with one attached hydrogen (secondary N) is 1. The summed E-state index contributed by atoms with van der Waals surface area (Å²) in [5.41, 5.74) is 8.94. The molecule has 3 heterocycles. The number of hydrogen-bond acceptors (Lipinski definition) is 11. The number of aromatic amines is 1. The summed E-state index contributed by atoms with van der Waals surface area (Å²) in [6.45, 7) is 9.72. The van der Waals surface area contributed by atoms with Crippen molar-refractivity contribution >= 4 is 16.7 Å². The van der Waals surface area contributed by atoms with Crippen molar-refractivity contribution in [3.8, 4) is 35.1 Å². The van der Waals surface area contributed by atoms with Gasteiger partial charge in [0.15, 0.2) is 6.29 Å². The van der Waals surface area contributed by atoms with Crippen LogP contribution in [0.5, 0.6) is 23.3 Å². The maximum atomic E-state index is 6.03. The summed E-state index contributed by atoms with van der Waals surface area (Å²) in [4.78, 5) is 19.9. The number of H-pyrrole nitrogens is 1. The van der Waals surface area contributed by atoms with Gasteiger partial charge in [0, 0.05) is 26.4 Å². The highest BCUT2D eigenvalue weighted by molar-refractivity contribution is 5.80. The van der Waals surface area contributed by atoms with Crippen LogP contribution in [0.15, 0.2) is 79.4 Å². The molecular formula is C34H38N6O6. The van der Waals surface area contributed by atoms with E-state index in [4.69, 9.17) is 34.2 Å². The molecule has 5 aromatic rings. The molecule has 0 aliphatic heterocycles. The Hall–Kier alpha value is -5.06. The van der Waals surface area contributed by atoms with Crippen molar-refractivity contribution in [3.63, 3.8) is 0 Å². The van der Waals surface area contributed by atoms with Crippen LogP contribution in [-0.4, -0.2) is 57.6 Å². The van der Waals surface area contributed by atoms with E-state index < -0.39 is 12.6 Å². The Bertz CT molecular complexity index is 1680. The summed E-state index contributed by atoms with van der Waals surface area (Å²) in [7, 11) is 0. The fraction of sp³-hybridized carbons (Fsp3) is 0.294. The first kappa shape index (κ1) is 33.8. The molecule has 0 radical (unpaired) electrons. The van der Waals surface area contributed by atoms with Crippen LogP contribution >= 0.6 is 0 Å². The normalized spacial score (nSPS) is 10.7. The van der Waals surface area contributed by atoms with Gasteiger partial charge in [0.2, 0.25) is 18.1 Å². The van der Waals surface area contributed by atoms with Crippen LogP contribution in [0.3, 0.4) is 0 Å². The van der Waals surface area contributed by atoms with E-state index in [1.807, 2.05) is 94.4 Å². The number of nitrogens with two attached hydrogens (primary N) is 1. The van der Waals surface area contributed by atoms with Crippen LogP contribution in [0, 0.1) is 11.8 Å². The van der Waals surface area contributed by atoms with Crippen molar-refractivity contribution < 1.29 is 28.4 Å². The molecular weight excluding hydrogens is 588 g/mol. The van der Waals surface area contributed by atoms with Gasteiger partial charge < -0.3 is 39.1 Å². The fourth-order valence-corrected chi connectivity index (χ4v) is 3.99. The van der Waals surface area contributed by atoms with Gasteiger partial charge in [-0.15, -0.1) is 0 Å².